The maximum absolute atomic E-state index is 12.4. The number of aromatic nitrogens is 1. The molecule has 5 heteroatoms. The molecule has 4 nitrogen and oxygen atoms in total. The zero-order chi connectivity index (χ0) is 12.8. The third-order valence-electron chi connectivity index (χ3n) is 3.82. The second kappa shape index (κ2) is 6.29. The monoisotopic (exact) mass is 267 g/mol. The lowest BCUT2D eigenvalue weighted by molar-refractivity contribution is -0.131. The molecule has 1 heterocycles. The van der Waals surface area contributed by atoms with Crippen LogP contribution < -0.4 is 11.1 Å². The van der Waals surface area contributed by atoms with Gasteiger partial charge in [-0.15, -0.1) is 11.3 Å². The summed E-state index contributed by atoms with van der Waals surface area (Å²) in [5.41, 5.74) is 5.54. The van der Waals surface area contributed by atoms with Gasteiger partial charge in [-0.3, -0.25) is 4.79 Å². The van der Waals surface area contributed by atoms with Crippen molar-refractivity contribution in [1.82, 2.24) is 10.3 Å². The number of nitrogens with two attached hydrogens (primary N) is 1. The molecule has 1 fully saturated rings. The van der Waals surface area contributed by atoms with E-state index in [1.807, 2.05) is 5.38 Å². The Morgan fingerprint density at radius 3 is 2.67 bits per heavy atom. The molecule has 2 rings (SSSR count). The Hall–Kier alpha value is -0.940. The fourth-order valence-corrected chi connectivity index (χ4v) is 3.17. The van der Waals surface area contributed by atoms with Crippen molar-refractivity contribution in [2.75, 3.05) is 6.54 Å². The van der Waals surface area contributed by atoms with Crippen molar-refractivity contribution in [1.29, 1.82) is 0 Å². The van der Waals surface area contributed by atoms with E-state index in [9.17, 15) is 4.79 Å². The van der Waals surface area contributed by atoms with Gasteiger partial charge in [0.1, 0.15) is 5.01 Å². The summed E-state index contributed by atoms with van der Waals surface area (Å²) in [6, 6.07) is 0. The van der Waals surface area contributed by atoms with Crippen LogP contribution in [0.5, 0.6) is 0 Å². The third kappa shape index (κ3) is 3.09. The molecule has 0 bridgehead atoms. The van der Waals surface area contributed by atoms with Crippen molar-refractivity contribution in [2.24, 2.45) is 11.1 Å². The average Bonchev–Trinajstić information content (AvgIpc) is 2.79. The molecule has 0 saturated heterocycles. The largest absolute Gasteiger partial charge is 0.349 e. The minimum Gasteiger partial charge on any atom is -0.349 e. The van der Waals surface area contributed by atoms with Gasteiger partial charge in [0, 0.05) is 18.1 Å². The first-order chi connectivity index (χ1) is 8.77. The molecule has 1 aromatic heterocycles. The minimum absolute atomic E-state index is 0.113. The number of carbonyl (C=O) groups excluding carboxylic acids is 1. The summed E-state index contributed by atoms with van der Waals surface area (Å²) in [6.07, 6.45) is 8.28. The summed E-state index contributed by atoms with van der Waals surface area (Å²) >= 11 is 1.57. The molecule has 1 saturated carbocycles. The summed E-state index contributed by atoms with van der Waals surface area (Å²) < 4.78 is 0. The summed E-state index contributed by atoms with van der Waals surface area (Å²) in [5.74, 6) is 0.113. The number of hydrogen-bond acceptors (Lipinski definition) is 4. The zero-order valence-corrected chi connectivity index (χ0v) is 11.5. The van der Waals surface area contributed by atoms with Gasteiger partial charge in [0.2, 0.25) is 5.91 Å². The van der Waals surface area contributed by atoms with Crippen LogP contribution in [0.15, 0.2) is 11.6 Å². The summed E-state index contributed by atoms with van der Waals surface area (Å²) in [7, 11) is 0. The van der Waals surface area contributed by atoms with Gasteiger partial charge in [0.25, 0.3) is 0 Å². The molecule has 0 unspecified atom stereocenters. The van der Waals surface area contributed by atoms with E-state index in [2.05, 4.69) is 10.3 Å². The molecule has 18 heavy (non-hydrogen) atoms. The number of nitrogens with zero attached hydrogens (tertiary/aromatic N) is 1. The maximum atomic E-state index is 12.4. The molecule has 0 aromatic carbocycles. The molecular formula is C13H21N3OS. The van der Waals surface area contributed by atoms with Crippen LogP contribution in [0.1, 0.15) is 43.5 Å². The fraction of sp³-hybridized carbons (Fsp3) is 0.692. The lowest BCUT2D eigenvalue weighted by Gasteiger charge is -2.29. The van der Waals surface area contributed by atoms with Crippen molar-refractivity contribution in [3.63, 3.8) is 0 Å². The number of carbonyl (C=O) groups is 1. The fourth-order valence-electron chi connectivity index (χ4n) is 2.61. The van der Waals surface area contributed by atoms with Crippen LogP contribution in [0.2, 0.25) is 0 Å². The Kier molecular flexibility index (Phi) is 4.72. The van der Waals surface area contributed by atoms with E-state index in [4.69, 9.17) is 5.73 Å². The van der Waals surface area contributed by atoms with E-state index in [1.165, 1.54) is 12.8 Å². The van der Waals surface area contributed by atoms with Gasteiger partial charge in [-0.05, 0) is 12.8 Å². The predicted molar refractivity (Wildman–Crippen MR) is 73.2 cm³/mol. The Labute approximate surface area is 112 Å². The van der Waals surface area contributed by atoms with Gasteiger partial charge >= 0.3 is 0 Å². The summed E-state index contributed by atoms with van der Waals surface area (Å²) in [4.78, 5) is 16.6. The van der Waals surface area contributed by atoms with E-state index >= 15 is 0 Å². The van der Waals surface area contributed by atoms with E-state index in [1.54, 1.807) is 17.5 Å². The normalized spacial score (nSPS) is 19.2. The van der Waals surface area contributed by atoms with Crippen LogP contribution >= 0.6 is 11.3 Å². The molecule has 1 aromatic rings. The van der Waals surface area contributed by atoms with Crippen molar-refractivity contribution < 1.29 is 4.79 Å². The standard InChI is InChI=1S/C13H21N3OS/c14-10-13(5-3-1-2-4-6-13)12(17)16-9-11-15-7-8-18-11/h7-8H,1-6,9-10,14H2,(H,16,17). The first-order valence-electron chi connectivity index (χ1n) is 6.64. The number of thiazole rings is 1. The lowest BCUT2D eigenvalue weighted by atomic mass is 9.79. The summed E-state index contributed by atoms with van der Waals surface area (Å²) in [5, 5.41) is 5.87. The van der Waals surface area contributed by atoms with E-state index < -0.39 is 0 Å². The molecule has 0 spiro atoms. The molecule has 1 aliphatic carbocycles. The minimum atomic E-state index is -0.340. The Balaban J connectivity index is 1.95. The molecule has 0 aliphatic heterocycles. The van der Waals surface area contributed by atoms with Crippen LogP contribution in [0.4, 0.5) is 0 Å². The Morgan fingerprint density at radius 1 is 1.39 bits per heavy atom. The highest BCUT2D eigenvalue weighted by molar-refractivity contribution is 7.09. The molecule has 3 N–H and O–H groups in total. The highest BCUT2D eigenvalue weighted by atomic mass is 32.1. The highest BCUT2D eigenvalue weighted by Gasteiger charge is 2.36. The molecule has 0 radical (unpaired) electrons. The number of rotatable bonds is 4. The Morgan fingerprint density at radius 2 is 2.11 bits per heavy atom. The van der Waals surface area contributed by atoms with Gasteiger partial charge in [0.05, 0.1) is 12.0 Å². The molecular weight excluding hydrogens is 246 g/mol. The zero-order valence-electron chi connectivity index (χ0n) is 10.7. The van der Waals surface area contributed by atoms with Gasteiger partial charge in [-0.2, -0.15) is 0 Å². The van der Waals surface area contributed by atoms with Crippen molar-refractivity contribution in [2.45, 2.75) is 45.1 Å². The summed E-state index contributed by atoms with van der Waals surface area (Å²) in [6.45, 7) is 0.981. The quantitative estimate of drug-likeness (QED) is 0.820. The predicted octanol–water partition coefficient (Wildman–Crippen LogP) is 2.06. The van der Waals surface area contributed by atoms with E-state index in [-0.39, 0.29) is 11.3 Å². The molecule has 1 amide bonds. The van der Waals surface area contributed by atoms with Crippen LogP contribution in [0.3, 0.4) is 0 Å². The maximum Gasteiger partial charge on any atom is 0.227 e. The second-order valence-electron chi connectivity index (χ2n) is 5.01. The van der Waals surface area contributed by atoms with Gasteiger partial charge in [-0.25, -0.2) is 4.98 Å². The molecule has 0 atom stereocenters. The van der Waals surface area contributed by atoms with Crippen molar-refractivity contribution >= 4 is 17.2 Å². The first kappa shape index (κ1) is 13.5. The van der Waals surface area contributed by atoms with Gasteiger partial charge in [-0.1, -0.05) is 25.7 Å². The van der Waals surface area contributed by atoms with Gasteiger partial charge < -0.3 is 11.1 Å². The number of hydrogen-bond donors (Lipinski definition) is 2. The number of nitrogens with one attached hydrogen (secondary N) is 1. The van der Waals surface area contributed by atoms with Gasteiger partial charge in [0.15, 0.2) is 0 Å². The van der Waals surface area contributed by atoms with Crippen LogP contribution in [0.25, 0.3) is 0 Å². The van der Waals surface area contributed by atoms with Crippen molar-refractivity contribution in [3.05, 3.63) is 16.6 Å². The molecule has 100 valence electrons. The second-order valence-corrected chi connectivity index (χ2v) is 5.99. The lowest BCUT2D eigenvalue weighted by Crippen LogP contribution is -2.45. The van der Waals surface area contributed by atoms with Crippen LogP contribution in [-0.4, -0.2) is 17.4 Å². The van der Waals surface area contributed by atoms with Crippen LogP contribution in [0, 0.1) is 5.41 Å². The highest BCUT2D eigenvalue weighted by Crippen LogP contribution is 2.34. The SMILES string of the molecule is NCC1(C(=O)NCc2nccs2)CCCCCC1. The van der Waals surface area contributed by atoms with E-state index in [0.29, 0.717) is 13.1 Å². The Bertz CT molecular complexity index is 370. The van der Waals surface area contributed by atoms with E-state index in [0.717, 1.165) is 30.7 Å². The third-order valence-corrected chi connectivity index (χ3v) is 4.60. The smallest absolute Gasteiger partial charge is 0.227 e. The van der Waals surface area contributed by atoms with Crippen LogP contribution in [-0.2, 0) is 11.3 Å². The average molecular weight is 267 g/mol. The molecule has 1 aliphatic rings. The topological polar surface area (TPSA) is 68.0 Å². The first-order valence-corrected chi connectivity index (χ1v) is 7.51. The number of amides is 1. The van der Waals surface area contributed by atoms with Crippen molar-refractivity contribution in [3.8, 4) is 0 Å².